The van der Waals surface area contributed by atoms with Crippen molar-refractivity contribution in [2.45, 2.75) is 13.3 Å². The number of hydrogen-bond acceptors (Lipinski definition) is 3. The molecule has 0 saturated carbocycles. The predicted octanol–water partition coefficient (Wildman–Crippen LogP) is 4.78. The van der Waals surface area contributed by atoms with Crippen LogP contribution in [-0.4, -0.2) is 17.5 Å². The van der Waals surface area contributed by atoms with Crippen LogP contribution in [0.3, 0.4) is 0 Å². The summed E-state index contributed by atoms with van der Waals surface area (Å²) in [6.07, 6.45) is 0.00302. The molecule has 2 aromatic carbocycles. The first kappa shape index (κ1) is 19.2. The van der Waals surface area contributed by atoms with E-state index in [1.54, 1.807) is 49.4 Å². The Morgan fingerprint density at radius 1 is 1.00 bits per heavy atom. The lowest BCUT2D eigenvalue weighted by molar-refractivity contribution is -0.115. The van der Waals surface area contributed by atoms with Gasteiger partial charge in [0.1, 0.15) is 0 Å². The topological polar surface area (TPSA) is 70.6 Å². The van der Waals surface area contributed by atoms with E-state index in [4.69, 9.17) is 34.8 Å². The van der Waals surface area contributed by atoms with Crippen LogP contribution in [0, 0.1) is 0 Å². The fourth-order valence-corrected chi connectivity index (χ4v) is 2.42. The van der Waals surface area contributed by atoms with Crippen LogP contribution >= 0.6 is 34.8 Å². The Balaban J connectivity index is 1.92. The van der Waals surface area contributed by atoms with Gasteiger partial charge in [-0.05, 0) is 37.3 Å². The number of hydrazone groups is 1. The average Bonchev–Trinajstić information content (AvgIpc) is 2.56. The van der Waals surface area contributed by atoms with Crippen LogP contribution < -0.4 is 10.7 Å². The van der Waals surface area contributed by atoms with Gasteiger partial charge in [0.15, 0.2) is 0 Å². The second-order valence-electron chi connectivity index (χ2n) is 5.12. The van der Waals surface area contributed by atoms with Crippen LogP contribution in [0.4, 0.5) is 5.69 Å². The Kier molecular flexibility index (Phi) is 6.82. The molecule has 0 aliphatic heterocycles. The van der Waals surface area contributed by atoms with E-state index >= 15 is 0 Å². The third kappa shape index (κ3) is 5.74. The van der Waals surface area contributed by atoms with E-state index in [-0.39, 0.29) is 12.3 Å². The number of amides is 2. The van der Waals surface area contributed by atoms with Gasteiger partial charge in [0.05, 0.1) is 27.1 Å². The second kappa shape index (κ2) is 8.85. The monoisotopic (exact) mass is 397 g/mol. The first-order valence-electron chi connectivity index (χ1n) is 7.19. The minimum atomic E-state index is -0.449. The third-order valence-electron chi connectivity index (χ3n) is 3.09. The van der Waals surface area contributed by atoms with Crippen molar-refractivity contribution in [3.63, 3.8) is 0 Å². The molecule has 2 amide bonds. The molecule has 0 unspecified atom stereocenters. The van der Waals surface area contributed by atoms with Crippen molar-refractivity contribution in [1.82, 2.24) is 5.43 Å². The second-order valence-corrected chi connectivity index (χ2v) is 6.34. The van der Waals surface area contributed by atoms with Crippen LogP contribution in [0.1, 0.15) is 23.7 Å². The lowest BCUT2D eigenvalue weighted by Gasteiger charge is -2.07. The minimum Gasteiger partial charge on any atom is -0.326 e. The van der Waals surface area contributed by atoms with Gasteiger partial charge in [0.2, 0.25) is 5.91 Å². The Morgan fingerprint density at radius 2 is 1.72 bits per heavy atom. The maximum absolute atomic E-state index is 12.0. The maximum atomic E-state index is 12.0. The summed E-state index contributed by atoms with van der Waals surface area (Å²) in [7, 11) is 0. The lowest BCUT2D eigenvalue weighted by Crippen LogP contribution is -2.21. The molecular weight excluding hydrogens is 385 g/mol. The maximum Gasteiger partial charge on any atom is 0.272 e. The molecule has 0 aliphatic rings. The summed E-state index contributed by atoms with van der Waals surface area (Å²) in [5.41, 5.74) is 3.63. The normalized spacial score (nSPS) is 11.1. The lowest BCUT2D eigenvalue weighted by atomic mass is 10.2. The number of carbonyl (C=O) groups excluding carboxylic acids is 2. The summed E-state index contributed by atoms with van der Waals surface area (Å²) in [6, 6.07) is 11.4. The van der Waals surface area contributed by atoms with Gasteiger partial charge >= 0.3 is 0 Å². The first-order chi connectivity index (χ1) is 11.9. The molecule has 0 fully saturated rings. The smallest absolute Gasteiger partial charge is 0.272 e. The highest BCUT2D eigenvalue weighted by Gasteiger charge is 2.10. The fraction of sp³-hybridized carbons (Fsp3) is 0.118. The van der Waals surface area contributed by atoms with Crippen LogP contribution in [0.2, 0.25) is 15.1 Å². The van der Waals surface area contributed by atoms with E-state index in [0.717, 1.165) is 0 Å². The molecule has 2 aromatic rings. The Hall–Kier alpha value is -2.08. The van der Waals surface area contributed by atoms with Crippen LogP contribution in [0.5, 0.6) is 0 Å². The Morgan fingerprint density at radius 3 is 2.40 bits per heavy atom. The standard InChI is InChI=1S/C17H14Cl3N3O2/c1-10(22-23-17(25)12-4-2-3-5-13(12)18)8-16(24)21-11-6-7-14(19)15(20)9-11/h2-7,9H,8H2,1H3,(H,21,24)(H,23,25)/b22-10-. The van der Waals surface area contributed by atoms with E-state index in [1.807, 2.05) is 0 Å². The Bertz CT molecular complexity index is 838. The zero-order chi connectivity index (χ0) is 18.4. The number of carbonyl (C=O) groups is 2. The summed E-state index contributed by atoms with van der Waals surface area (Å²) in [5, 5.41) is 7.65. The van der Waals surface area contributed by atoms with Crippen molar-refractivity contribution >= 4 is 58.0 Å². The van der Waals surface area contributed by atoms with Gasteiger partial charge in [-0.1, -0.05) is 46.9 Å². The predicted molar refractivity (Wildman–Crippen MR) is 102 cm³/mol. The number of rotatable bonds is 5. The van der Waals surface area contributed by atoms with E-state index < -0.39 is 5.91 Å². The molecule has 0 atom stereocenters. The van der Waals surface area contributed by atoms with Gasteiger partial charge in [-0.15, -0.1) is 0 Å². The summed E-state index contributed by atoms with van der Waals surface area (Å²) < 4.78 is 0. The van der Waals surface area contributed by atoms with Gasteiger partial charge in [-0.2, -0.15) is 5.10 Å². The first-order valence-corrected chi connectivity index (χ1v) is 8.33. The summed E-state index contributed by atoms with van der Waals surface area (Å²) in [5.74, 6) is -0.749. The molecule has 0 aliphatic carbocycles. The molecule has 0 spiro atoms. The van der Waals surface area contributed by atoms with E-state index in [2.05, 4.69) is 15.8 Å². The molecule has 0 heterocycles. The van der Waals surface area contributed by atoms with Gasteiger partial charge < -0.3 is 5.32 Å². The zero-order valence-electron chi connectivity index (χ0n) is 13.1. The molecular formula is C17H14Cl3N3O2. The van der Waals surface area contributed by atoms with Crippen LogP contribution in [0.25, 0.3) is 0 Å². The van der Waals surface area contributed by atoms with Crippen molar-refractivity contribution in [2.24, 2.45) is 5.10 Å². The SMILES string of the molecule is C/C(CC(=O)Nc1ccc(Cl)c(Cl)c1)=N/NC(=O)c1ccccc1Cl. The zero-order valence-corrected chi connectivity index (χ0v) is 15.4. The van der Waals surface area contributed by atoms with Crippen molar-refractivity contribution in [1.29, 1.82) is 0 Å². The van der Waals surface area contributed by atoms with Gasteiger partial charge in [0, 0.05) is 11.4 Å². The highest BCUT2D eigenvalue weighted by molar-refractivity contribution is 6.42. The van der Waals surface area contributed by atoms with E-state index in [1.165, 1.54) is 0 Å². The van der Waals surface area contributed by atoms with Crippen LogP contribution in [0.15, 0.2) is 47.6 Å². The van der Waals surface area contributed by atoms with Gasteiger partial charge in [-0.25, -0.2) is 5.43 Å². The molecule has 130 valence electrons. The molecule has 2 rings (SSSR count). The molecule has 25 heavy (non-hydrogen) atoms. The highest BCUT2D eigenvalue weighted by Crippen LogP contribution is 2.25. The minimum absolute atomic E-state index is 0.00302. The number of nitrogens with one attached hydrogen (secondary N) is 2. The molecule has 0 bridgehead atoms. The van der Waals surface area contributed by atoms with Gasteiger partial charge in [0.25, 0.3) is 5.91 Å². The number of anilines is 1. The number of hydrogen-bond donors (Lipinski definition) is 2. The van der Waals surface area contributed by atoms with Crippen LogP contribution in [-0.2, 0) is 4.79 Å². The van der Waals surface area contributed by atoms with E-state index in [0.29, 0.717) is 32.0 Å². The van der Waals surface area contributed by atoms with Crippen molar-refractivity contribution in [3.05, 3.63) is 63.1 Å². The fourth-order valence-electron chi connectivity index (χ4n) is 1.90. The molecule has 0 aromatic heterocycles. The van der Waals surface area contributed by atoms with Gasteiger partial charge in [-0.3, -0.25) is 9.59 Å². The summed E-state index contributed by atoms with van der Waals surface area (Å²) in [4.78, 5) is 24.0. The number of benzene rings is 2. The van der Waals surface area contributed by atoms with E-state index in [9.17, 15) is 9.59 Å². The molecule has 2 N–H and O–H groups in total. The summed E-state index contributed by atoms with van der Waals surface area (Å²) in [6.45, 7) is 1.63. The van der Waals surface area contributed by atoms with Crippen molar-refractivity contribution < 1.29 is 9.59 Å². The van der Waals surface area contributed by atoms with Crippen molar-refractivity contribution in [3.8, 4) is 0 Å². The molecule has 0 saturated heterocycles. The summed E-state index contributed by atoms with van der Waals surface area (Å²) >= 11 is 17.7. The molecule has 8 heteroatoms. The van der Waals surface area contributed by atoms with Crippen molar-refractivity contribution in [2.75, 3.05) is 5.32 Å². The molecule has 5 nitrogen and oxygen atoms in total. The average molecular weight is 399 g/mol. The third-order valence-corrected chi connectivity index (χ3v) is 4.16. The molecule has 0 radical (unpaired) electrons. The largest absolute Gasteiger partial charge is 0.326 e. The number of nitrogens with zero attached hydrogens (tertiary/aromatic N) is 1. The highest BCUT2D eigenvalue weighted by atomic mass is 35.5. The quantitative estimate of drug-likeness (QED) is 0.562. The number of halogens is 3. The Labute approximate surface area is 160 Å².